The van der Waals surface area contributed by atoms with Gasteiger partial charge in [-0.2, -0.15) is 13.2 Å². The summed E-state index contributed by atoms with van der Waals surface area (Å²) >= 11 is 0. The molecule has 122 valence electrons. The van der Waals surface area contributed by atoms with Gasteiger partial charge in [0.1, 0.15) is 0 Å². The van der Waals surface area contributed by atoms with E-state index in [2.05, 4.69) is 10.6 Å². The second kappa shape index (κ2) is 6.73. The molecule has 2 aromatic rings. The fourth-order valence-corrected chi connectivity index (χ4v) is 2.11. The SMILES string of the molecule is Cc1ccc(NC(=O)NCc2ccc(C(F)(F)F)cc2)c(C)c1. The molecule has 0 spiro atoms. The summed E-state index contributed by atoms with van der Waals surface area (Å²) < 4.78 is 37.4. The van der Waals surface area contributed by atoms with E-state index in [4.69, 9.17) is 0 Å². The fraction of sp³-hybridized carbons (Fsp3) is 0.235. The van der Waals surface area contributed by atoms with Crippen molar-refractivity contribution in [1.29, 1.82) is 0 Å². The highest BCUT2D eigenvalue weighted by Crippen LogP contribution is 2.29. The lowest BCUT2D eigenvalue weighted by atomic mass is 10.1. The van der Waals surface area contributed by atoms with Crippen molar-refractivity contribution in [1.82, 2.24) is 5.32 Å². The van der Waals surface area contributed by atoms with E-state index in [-0.39, 0.29) is 6.54 Å². The molecule has 0 fully saturated rings. The average Bonchev–Trinajstić information content (AvgIpc) is 2.47. The number of aryl methyl sites for hydroxylation is 2. The predicted octanol–water partition coefficient (Wildman–Crippen LogP) is 4.64. The molecule has 0 atom stereocenters. The minimum Gasteiger partial charge on any atom is -0.334 e. The molecular formula is C17H17F3N2O. The Labute approximate surface area is 132 Å². The van der Waals surface area contributed by atoms with E-state index in [1.807, 2.05) is 32.0 Å². The molecule has 2 amide bonds. The maximum Gasteiger partial charge on any atom is 0.416 e. The Morgan fingerprint density at radius 3 is 2.26 bits per heavy atom. The van der Waals surface area contributed by atoms with Gasteiger partial charge in [0, 0.05) is 12.2 Å². The van der Waals surface area contributed by atoms with Crippen molar-refractivity contribution in [2.75, 3.05) is 5.32 Å². The molecule has 0 heterocycles. The van der Waals surface area contributed by atoms with Gasteiger partial charge in [-0.25, -0.2) is 4.79 Å². The quantitative estimate of drug-likeness (QED) is 0.849. The summed E-state index contributed by atoms with van der Waals surface area (Å²) in [4.78, 5) is 11.8. The first-order chi connectivity index (χ1) is 10.8. The van der Waals surface area contributed by atoms with Gasteiger partial charge in [-0.05, 0) is 43.2 Å². The third-order valence-corrected chi connectivity index (χ3v) is 3.36. The number of urea groups is 1. The van der Waals surface area contributed by atoms with Crippen LogP contribution in [0.5, 0.6) is 0 Å². The molecular weight excluding hydrogens is 305 g/mol. The van der Waals surface area contributed by atoms with Gasteiger partial charge in [0.25, 0.3) is 0 Å². The van der Waals surface area contributed by atoms with Gasteiger partial charge in [0.15, 0.2) is 0 Å². The van der Waals surface area contributed by atoms with Crippen LogP contribution in [0.4, 0.5) is 23.7 Å². The van der Waals surface area contributed by atoms with Crippen LogP contribution >= 0.6 is 0 Å². The lowest BCUT2D eigenvalue weighted by Gasteiger charge is -2.11. The zero-order chi connectivity index (χ0) is 17.0. The van der Waals surface area contributed by atoms with Gasteiger partial charge < -0.3 is 10.6 Å². The van der Waals surface area contributed by atoms with E-state index in [1.54, 1.807) is 0 Å². The number of halogens is 3. The highest BCUT2D eigenvalue weighted by molar-refractivity contribution is 5.90. The molecule has 0 saturated heterocycles. The summed E-state index contributed by atoms with van der Waals surface area (Å²) in [7, 11) is 0. The number of anilines is 1. The zero-order valence-corrected chi connectivity index (χ0v) is 12.8. The predicted molar refractivity (Wildman–Crippen MR) is 83.2 cm³/mol. The highest BCUT2D eigenvalue weighted by atomic mass is 19.4. The number of carbonyl (C=O) groups excluding carboxylic acids is 1. The Hall–Kier alpha value is -2.50. The molecule has 2 aromatic carbocycles. The highest BCUT2D eigenvalue weighted by Gasteiger charge is 2.29. The van der Waals surface area contributed by atoms with Gasteiger partial charge in [0.05, 0.1) is 5.56 Å². The molecule has 0 saturated carbocycles. The van der Waals surface area contributed by atoms with Gasteiger partial charge in [-0.1, -0.05) is 29.8 Å². The van der Waals surface area contributed by atoms with Crippen molar-refractivity contribution < 1.29 is 18.0 Å². The summed E-state index contributed by atoms with van der Waals surface area (Å²) in [6.45, 7) is 3.99. The standard InChI is InChI=1S/C17H17F3N2O/c1-11-3-8-15(12(2)9-11)22-16(23)21-10-13-4-6-14(7-5-13)17(18,19)20/h3-9H,10H2,1-2H3,(H2,21,22,23). The number of alkyl halides is 3. The molecule has 23 heavy (non-hydrogen) atoms. The summed E-state index contributed by atoms with van der Waals surface area (Å²) in [5.41, 5.74) is 2.61. The number of rotatable bonds is 3. The second-order valence-electron chi connectivity index (χ2n) is 5.32. The van der Waals surface area contributed by atoms with E-state index < -0.39 is 17.8 Å². The summed E-state index contributed by atoms with van der Waals surface area (Å²) in [6, 6.07) is 9.93. The lowest BCUT2D eigenvalue weighted by Crippen LogP contribution is -2.28. The zero-order valence-electron chi connectivity index (χ0n) is 12.8. The molecule has 2 N–H and O–H groups in total. The first kappa shape index (κ1) is 16.9. The number of nitrogens with one attached hydrogen (secondary N) is 2. The Morgan fingerprint density at radius 1 is 1.04 bits per heavy atom. The third kappa shape index (κ3) is 4.74. The molecule has 6 heteroatoms. The maximum atomic E-state index is 12.5. The molecule has 0 unspecified atom stereocenters. The van der Waals surface area contributed by atoms with Crippen LogP contribution in [0.25, 0.3) is 0 Å². The van der Waals surface area contributed by atoms with Crippen LogP contribution in [0, 0.1) is 13.8 Å². The first-order valence-corrected chi connectivity index (χ1v) is 7.04. The molecule has 0 aromatic heterocycles. The number of carbonyl (C=O) groups is 1. The van der Waals surface area contributed by atoms with Gasteiger partial charge in [-0.3, -0.25) is 0 Å². The fourth-order valence-electron chi connectivity index (χ4n) is 2.11. The molecule has 0 aliphatic carbocycles. The molecule has 3 nitrogen and oxygen atoms in total. The van der Waals surface area contributed by atoms with E-state index in [0.29, 0.717) is 11.3 Å². The smallest absolute Gasteiger partial charge is 0.334 e. The van der Waals surface area contributed by atoms with Crippen molar-refractivity contribution >= 4 is 11.7 Å². The Balaban J connectivity index is 1.91. The molecule has 0 aliphatic heterocycles. The third-order valence-electron chi connectivity index (χ3n) is 3.36. The van der Waals surface area contributed by atoms with Crippen molar-refractivity contribution in [3.63, 3.8) is 0 Å². The van der Waals surface area contributed by atoms with E-state index in [1.165, 1.54) is 12.1 Å². The number of benzene rings is 2. The largest absolute Gasteiger partial charge is 0.416 e. The first-order valence-electron chi connectivity index (χ1n) is 7.04. The van der Waals surface area contributed by atoms with Gasteiger partial charge in [-0.15, -0.1) is 0 Å². The number of hydrogen-bond donors (Lipinski definition) is 2. The van der Waals surface area contributed by atoms with Crippen molar-refractivity contribution in [2.24, 2.45) is 0 Å². The van der Waals surface area contributed by atoms with E-state index >= 15 is 0 Å². The molecule has 2 rings (SSSR count). The van der Waals surface area contributed by atoms with E-state index in [9.17, 15) is 18.0 Å². The Kier molecular flexibility index (Phi) is 4.93. The van der Waals surface area contributed by atoms with Crippen LogP contribution in [0.3, 0.4) is 0 Å². The lowest BCUT2D eigenvalue weighted by molar-refractivity contribution is -0.137. The monoisotopic (exact) mass is 322 g/mol. The number of amides is 2. The van der Waals surface area contributed by atoms with Crippen LogP contribution in [0.1, 0.15) is 22.3 Å². The molecule has 0 radical (unpaired) electrons. The Morgan fingerprint density at radius 2 is 1.70 bits per heavy atom. The van der Waals surface area contributed by atoms with Crippen LogP contribution in [-0.4, -0.2) is 6.03 Å². The number of hydrogen-bond acceptors (Lipinski definition) is 1. The summed E-state index contributed by atoms with van der Waals surface area (Å²) in [6.07, 6.45) is -4.35. The van der Waals surface area contributed by atoms with Crippen LogP contribution in [0.15, 0.2) is 42.5 Å². The minimum atomic E-state index is -4.35. The normalized spacial score (nSPS) is 11.2. The van der Waals surface area contributed by atoms with Crippen molar-refractivity contribution in [3.05, 3.63) is 64.7 Å². The van der Waals surface area contributed by atoms with Crippen LogP contribution in [-0.2, 0) is 12.7 Å². The molecule has 0 aliphatic rings. The second-order valence-corrected chi connectivity index (χ2v) is 5.32. The summed E-state index contributed by atoms with van der Waals surface area (Å²) in [5, 5.41) is 5.33. The van der Waals surface area contributed by atoms with Crippen LogP contribution in [0.2, 0.25) is 0 Å². The maximum absolute atomic E-state index is 12.5. The van der Waals surface area contributed by atoms with Crippen LogP contribution < -0.4 is 10.6 Å². The van der Waals surface area contributed by atoms with Crippen molar-refractivity contribution in [3.8, 4) is 0 Å². The van der Waals surface area contributed by atoms with Gasteiger partial charge in [0.2, 0.25) is 0 Å². The topological polar surface area (TPSA) is 41.1 Å². The average molecular weight is 322 g/mol. The van der Waals surface area contributed by atoms with Gasteiger partial charge >= 0.3 is 12.2 Å². The minimum absolute atomic E-state index is 0.148. The summed E-state index contributed by atoms with van der Waals surface area (Å²) in [5.74, 6) is 0. The van der Waals surface area contributed by atoms with E-state index in [0.717, 1.165) is 23.3 Å². The molecule has 0 bridgehead atoms. The Bertz CT molecular complexity index is 694. The van der Waals surface area contributed by atoms with Crippen molar-refractivity contribution in [2.45, 2.75) is 26.6 Å².